The summed E-state index contributed by atoms with van der Waals surface area (Å²) in [5.74, 6) is -0.385. The Hall–Kier alpha value is -2.40. The molecule has 0 radical (unpaired) electrons. The van der Waals surface area contributed by atoms with Gasteiger partial charge in [-0.15, -0.1) is 0 Å². The lowest BCUT2D eigenvalue weighted by Crippen LogP contribution is -2.47. The Morgan fingerprint density at radius 3 is 2.44 bits per heavy atom. The summed E-state index contributed by atoms with van der Waals surface area (Å²) >= 11 is 0. The minimum atomic E-state index is -0.391. The minimum absolute atomic E-state index is 0.0445. The Kier molecular flexibility index (Phi) is 6.15. The molecule has 0 bridgehead atoms. The van der Waals surface area contributed by atoms with Gasteiger partial charge in [-0.05, 0) is 56.2 Å². The van der Waals surface area contributed by atoms with Gasteiger partial charge in [0.1, 0.15) is 5.82 Å². The molecule has 2 rings (SSSR count). The summed E-state index contributed by atoms with van der Waals surface area (Å²) in [6, 6.07) is 13.6. The number of halogens is 1. The predicted molar refractivity (Wildman–Crippen MR) is 97.6 cm³/mol. The topological polar surface area (TPSA) is 52.6 Å². The summed E-state index contributed by atoms with van der Waals surface area (Å²) in [6.07, 6.45) is 0. The van der Waals surface area contributed by atoms with E-state index in [1.807, 2.05) is 45.0 Å². The van der Waals surface area contributed by atoms with Gasteiger partial charge in [0, 0.05) is 17.8 Å². The number of anilines is 1. The van der Waals surface area contributed by atoms with E-state index < -0.39 is 5.54 Å². The standard InChI is InChI=1S/C20H25FN2O2/c1-20(2,3)23(13-15-6-4-8-17(21)10-15)19(25)12-22-18-9-5-7-16(11-18)14-24/h4-11,22,24H,12-14H2,1-3H3. The van der Waals surface area contributed by atoms with Crippen LogP contribution in [0.4, 0.5) is 10.1 Å². The Bertz CT molecular complexity index is 726. The third-order valence-corrected chi connectivity index (χ3v) is 3.89. The molecular weight excluding hydrogens is 319 g/mol. The van der Waals surface area contributed by atoms with Crippen LogP contribution in [0, 0.1) is 5.82 Å². The van der Waals surface area contributed by atoms with Crippen LogP contribution in [0.5, 0.6) is 0 Å². The quantitative estimate of drug-likeness (QED) is 0.842. The fraction of sp³-hybridized carbons (Fsp3) is 0.350. The van der Waals surface area contributed by atoms with E-state index in [4.69, 9.17) is 0 Å². The number of aliphatic hydroxyl groups excluding tert-OH is 1. The number of amides is 1. The molecule has 0 fully saturated rings. The summed E-state index contributed by atoms with van der Waals surface area (Å²) in [5, 5.41) is 12.3. The first-order chi connectivity index (χ1) is 11.8. The molecule has 25 heavy (non-hydrogen) atoms. The highest BCUT2D eigenvalue weighted by Crippen LogP contribution is 2.19. The Morgan fingerprint density at radius 2 is 1.80 bits per heavy atom. The summed E-state index contributed by atoms with van der Waals surface area (Å²) in [5.41, 5.74) is 1.92. The molecule has 1 amide bonds. The van der Waals surface area contributed by atoms with Crippen molar-refractivity contribution in [1.82, 2.24) is 4.90 Å². The van der Waals surface area contributed by atoms with E-state index in [9.17, 15) is 14.3 Å². The van der Waals surface area contributed by atoms with Crippen molar-refractivity contribution in [2.45, 2.75) is 39.5 Å². The molecule has 4 nitrogen and oxygen atoms in total. The van der Waals surface area contributed by atoms with E-state index in [0.717, 1.165) is 16.8 Å². The number of aliphatic hydroxyl groups is 1. The van der Waals surface area contributed by atoms with Crippen molar-refractivity contribution in [1.29, 1.82) is 0 Å². The fourth-order valence-electron chi connectivity index (χ4n) is 2.57. The molecule has 2 N–H and O–H groups in total. The van der Waals surface area contributed by atoms with Gasteiger partial charge in [-0.25, -0.2) is 4.39 Å². The molecule has 2 aromatic carbocycles. The van der Waals surface area contributed by atoms with Gasteiger partial charge in [-0.2, -0.15) is 0 Å². The summed E-state index contributed by atoms with van der Waals surface area (Å²) in [4.78, 5) is 14.5. The molecule has 0 spiro atoms. The van der Waals surface area contributed by atoms with Crippen molar-refractivity contribution < 1.29 is 14.3 Å². The molecule has 0 unspecified atom stereocenters. The van der Waals surface area contributed by atoms with E-state index in [-0.39, 0.29) is 24.9 Å². The zero-order valence-corrected chi connectivity index (χ0v) is 14.9. The maximum atomic E-state index is 13.4. The average molecular weight is 344 g/mol. The summed E-state index contributed by atoms with van der Waals surface area (Å²) < 4.78 is 13.4. The smallest absolute Gasteiger partial charge is 0.242 e. The van der Waals surface area contributed by atoms with Crippen LogP contribution in [-0.4, -0.2) is 28.0 Å². The lowest BCUT2D eigenvalue weighted by atomic mass is 10.0. The first kappa shape index (κ1) is 18.9. The molecule has 2 aromatic rings. The third kappa shape index (κ3) is 5.57. The van der Waals surface area contributed by atoms with Gasteiger partial charge >= 0.3 is 0 Å². The Labute approximate surface area is 148 Å². The molecule has 0 atom stereocenters. The molecule has 0 saturated heterocycles. The molecule has 134 valence electrons. The highest BCUT2D eigenvalue weighted by atomic mass is 19.1. The molecule has 0 heterocycles. The zero-order chi connectivity index (χ0) is 18.4. The van der Waals surface area contributed by atoms with Crippen LogP contribution in [0.2, 0.25) is 0 Å². The van der Waals surface area contributed by atoms with Gasteiger partial charge in [0.2, 0.25) is 5.91 Å². The van der Waals surface area contributed by atoms with Gasteiger partial charge in [0.15, 0.2) is 0 Å². The van der Waals surface area contributed by atoms with Crippen LogP contribution < -0.4 is 5.32 Å². The number of nitrogens with zero attached hydrogens (tertiary/aromatic N) is 1. The first-order valence-electron chi connectivity index (χ1n) is 8.28. The molecule has 5 heteroatoms. The number of carbonyl (C=O) groups excluding carboxylic acids is 1. The average Bonchev–Trinajstić information content (AvgIpc) is 2.57. The van der Waals surface area contributed by atoms with Crippen molar-refractivity contribution in [3.63, 3.8) is 0 Å². The Morgan fingerprint density at radius 1 is 1.12 bits per heavy atom. The van der Waals surface area contributed by atoms with Gasteiger partial charge in [0.25, 0.3) is 0 Å². The van der Waals surface area contributed by atoms with Crippen LogP contribution in [0.1, 0.15) is 31.9 Å². The normalized spacial score (nSPS) is 11.2. The SMILES string of the molecule is CC(C)(C)N(Cc1cccc(F)c1)C(=O)CNc1cccc(CO)c1. The third-order valence-electron chi connectivity index (χ3n) is 3.89. The highest BCUT2D eigenvalue weighted by Gasteiger charge is 2.26. The second kappa shape index (κ2) is 8.12. The summed E-state index contributed by atoms with van der Waals surface area (Å²) in [6.45, 7) is 6.29. The molecule has 0 aliphatic rings. The van der Waals surface area contributed by atoms with Gasteiger partial charge in [-0.3, -0.25) is 4.79 Å². The largest absolute Gasteiger partial charge is 0.392 e. The monoisotopic (exact) mass is 344 g/mol. The number of nitrogens with one attached hydrogen (secondary N) is 1. The van der Waals surface area contributed by atoms with E-state index in [2.05, 4.69) is 5.32 Å². The highest BCUT2D eigenvalue weighted by molar-refractivity contribution is 5.81. The van der Waals surface area contributed by atoms with Crippen LogP contribution >= 0.6 is 0 Å². The molecule has 0 saturated carbocycles. The maximum absolute atomic E-state index is 13.4. The zero-order valence-electron chi connectivity index (χ0n) is 14.9. The van der Waals surface area contributed by atoms with Crippen LogP contribution in [-0.2, 0) is 17.9 Å². The number of carbonyl (C=O) groups is 1. The fourth-order valence-corrected chi connectivity index (χ4v) is 2.57. The molecular formula is C20H25FN2O2. The first-order valence-corrected chi connectivity index (χ1v) is 8.28. The maximum Gasteiger partial charge on any atom is 0.242 e. The Balaban J connectivity index is 2.08. The number of hydrogen-bond donors (Lipinski definition) is 2. The number of rotatable bonds is 6. The van der Waals surface area contributed by atoms with E-state index in [1.165, 1.54) is 12.1 Å². The lowest BCUT2D eigenvalue weighted by molar-refractivity contribution is -0.134. The van der Waals surface area contributed by atoms with Crippen LogP contribution in [0.25, 0.3) is 0 Å². The van der Waals surface area contributed by atoms with Crippen molar-refractivity contribution >= 4 is 11.6 Å². The van der Waals surface area contributed by atoms with Crippen LogP contribution in [0.3, 0.4) is 0 Å². The van der Waals surface area contributed by atoms with E-state index in [1.54, 1.807) is 17.0 Å². The van der Waals surface area contributed by atoms with Gasteiger partial charge in [-0.1, -0.05) is 24.3 Å². The minimum Gasteiger partial charge on any atom is -0.392 e. The van der Waals surface area contributed by atoms with Gasteiger partial charge < -0.3 is 15.3 Å². The van der Waals surface area contributed by atoms with E-state index in [0.29, 0.717) is 6.54 Å². The molecule has 0 aromatic heterocycles. The lowest BCUT2D eigenvalue weighted by Gasteiger charge is -2.36. The number of hydrogen-bond acceptors (Lipinski definition) is 3. The molecule has 0 aliphatic carbocycles. The van der Waals surface area contributed by atoms with Crippen molar-refractivity contribution in [3.8, 4) is 0 Å². The van der Waals surface area contributed by atoms with E-state index >= 15 is 0 Å². The van der Waals surface area contributed by atoms with Crippen molar-refractivity contribution in [2.75, 3.05) is 11.9 Å². The second-order valence-electron chi connectivity index (χ2n) is 6.99. The van der Waals surface area contributed by atoms with Crippen molar-refractivity contribution in [3.05, 3.63) is 65.5 Å². The molecule has 0 aliphatic heterocycles. The van der Waals surface area contributed by atoms with Crippen LogP contribution in [0.15, 0.2) is 48.5 Å². The summed E-state index contributed by atoms with van der Waals surface area (Å²) in [7, 11) is 0. The van der Waals surface area contributed by atoms with Gasteiger partial charge in [0.05, 0.1) is 13.2 Å². The second-order valence-corrected chi connectivity index (χ2v) is 6.99. The number of benzene rings is 2. The van der Waals surface area contributed by atoms with Crippen molar-refractivity contribution in [2.24, 2.45) is 0 Å². The predicted octanol–water partition coefficient (Wildman–Crippen LogP) is 3.56.